The van der Waals surface area contributed by atoms with Crippen LogP contribution in [0.3, 0.4) is 0 Å². The van der Waals surface area contributed by atoms with Crippen molar-refractivity contribution < 1.29 is 19.6 Å². The van der Waals surface area contributed by atoms with Crippen molar-refractivity contribution in [2.24, 2.45) is 11.8 Å². The van der Waals surface area contributed by atoms with Gasteiger partial charge in [-0.15, -0.1) is 0 Å². The molecule has 1 aliphatic rings. The van der Waals surface area contributed by atoms with E-state index in [1.807, 2.05) is 12.2 Å². The fourth-order valence-electron chi connectivity index (χ4n) is 3.64. The monoisotopic (exact) mass is 381 g/mol. The van der Waals surface area contributed by atoms with Crippen molar-refractivity contribution in [2.75, 3.05) is 7.11 Å². The van der Waals surface area contributed by atoms with Crippen molar-refractivity contribution in [1.82, 2.24) is 0 Å². The van der Waals surface area contributed by atoms with Crippen molar-refractivity contribution in [3.05, 3.63) is 34.0 Å². The number of nitrogens with zero attached hydrogens (tertiary/aromatic N) is 1. The molecule has 0 aromatic rings. The number of rotatable bonds is 14. The third-order valence-electron chi connectivity index (χ3n) is 5.26. The van der Waals surface area contributed by atoms with Crippen LogP contribution in [-0.4, -0.2) is 29.2 Å². The van der Waals surface area contributed by atoms with Gasteiger partial charge in [0.15, 0.2) is 0 Å². The summed E-state index contributed by atoms with van der Waals surface area (Å²) in [5, 5.41) is 21.4. The maximum absolute atomic E-state index is 11.3. The summed E-state index contributed by atoms with van der Waals surface area (Å²) in [5.41, 5.74) is 0.319. The van der Waals surface area contributed by atoms with Crippen LogP contribution in [0.4, 0.5) is 0 Å². The van der Waals surface area contributed by atoms with E-state index in [0.29, 0.717) is 18.5 Å². The maximum atomic E-state index is 11.3. The summed E-state index contributed by atoms with van der Waals surface area (Å²) >= 11 is 0. The molecular weight excluding hydrogens is 346 g/mol. The highest BCUT2D eigenvalue weighted by Crippen LogP contribution is 2.37. The summed E-state index contributed by atoms with van der Waals surface area (Å²) in [6.07, 6.45) is 14.5. The predicted molar refractivity (Wildman–Crippen MR) is 106 cm³/mol. The third-order valence-corrected chi connectivity index (χ3v) is 5.26. The van der Waals surface area contributed by atoms with E-state index in [0.717, 1.165) is 57.8 Å². The molecule has 3 atom stereocenters. The molecule has 1 aliphatic carbocycles. The Kier molecular flexibility index (Phi) is 11.7. The molecule has 1 rings (SSSR count). The zero-order chi connectivity index (χ0) is 20.1. The topological polar surface area (TPSA) is 89.7 Å². The minimum Gasteiger partial charge on any atom is -0.469 e. The van der Waals surface area contributed by atoms with Crippen LogP contribution in [0.1, 0.15) is 77.6 Å². The van der Waals surface area contributed by atoms with Crippen molar-refractivity contribution in [3.63, 3.8) is 0 Å². The Balaban J connectivity index is 2.44. The van der Waals surface area contributed by atoms with Crippen LogP contribution in [0, 0.1) is 22.0 Å². The zero-order valence-electron chi connectivity index (χ0n) is 16.8. The number of unbranched alkanes of at least 4 members (excludes halogenated alkanes) is 5. The molecule has 0 spiro atoms. The fraction of sp³-hybridized carbons (Fsp3) is 0.762. The van der Waals surface area contributed by atoms with Gasteiger partial charge in [0.1, 0.15) is 0 Å². The molecule has 6 nitrogen and oxygen atoms in total. The molecular formula is C21H35NO5. The van der Waals surface area contributed by atoms with Gasteiger partial charge in [-0.25, -0.2) is 0 Å². The van der Waals surface area contributed by atoms with E-state index < -0.39 is 6.10 Å². The van der Waals surface area contributed by atoms with Gasteiger partial charge in [-0.05, 0) is 37.7 Å². The van der Waals surface area contributed by atoms with Gasteiger partial charge < -0.3 is 9.84 Å². The lowest BCUT2D eigenvalue weighted by Gasteiger charge is -2.16. The SMILES string of the molecule is CCCCC[C@H](O)/C=C/[C@@H]1CC=C([N+](=O)[O-])[C@@H]1CCCCCCC(=O)OC. The molecule has 0 aromatic carbocycles. The van der Waals surface area contributed by atoms with Crippen LogP contribution in [0.5, 0.6) is 0 Å². The molecule has 0 unspecified atom stereocenters. The number of allylic oxidation sites excluding steroid dienone is 3. The smallest absolute Gasteiger partial charge is 0.305 e. The Hall–Kier alpha value is -1.69. The van der Waals surface area contributed by atoms with Crippen LogP contribution in [0.15, 0.2) is 23.9 Å². The molecule has 0 aromatic heterocycles. The van der Waals surface area contributed by atoms with E-state index in [9.17, 15) is 20.0 Å². The number of ether oxygens (including phenoxy) is 1. The van der Waals surface area contributed by atoms with Gasteiger partial charge in [0, 0.05) is 6.42 Å². The van der Waals surface area contributed by atoms with E-state index in [1.165, 1.54) is 7.11 Å². The number of esters is 1. The molecule has 0 saturated heterocycles. The molecule has 0 amide bonds. The van der Waals surface area contributed by atoms with Gasteiger partial charge in [0.05, 0.1) is 24.1 Å². The second-order valence-corrected chi connectivity index (χ2v) is 7.37. The first-order chi connectivity index (χ1) is 13.0. The Morgan fingerprint density at radius 1 is 1.33 bits per heavy atom. The normalized spacial score (nSPS) is 20.6. The number of aliphatic hydroxyl groups excluding tert-OH is 1. The maximum Gasteiger partial charge on any atom is 0.305 e. The zero-order valence-corrected chi connectivity index (χ0v) is 16.8. The number of carbonyl (C=O) groups is 1. The first kappa shape index (κ1) is 23.3. The van der Waals surface area contributed by atoms with Crippen LogP contribution in [0.25, 0.3) is 0 Å². The highest BCUT2D eigenvalue weighted by atomic mass is 16.6. The summed E-state index contributed by atoms with van der Waals surface area (Å²) in [5.74, 6) is -0.173. The molecule has 1 N–H and O–H groups in total. The molecule has 0 aliphatic heterocycles. The lowest BCUT2D eigenvalue weighted by Crippen LogP contribution is -2.15. The van der Waals surface area contributed by atoms with Crippen molar-refractivity contribution in [1.29, 1.82) is 0 Å². The second kappa shape index (κ2) is 13.5. The first-order valence-corrected chi connectivity index (χ1v) is 10.3. The molecule has 0 heterocycles. The summed E-state index contributed by atoms with van der Waals surface area (Å²) in [4.78, 5) is 22.2. The summed E-state index contributed by atoms with van der Waals surface area (Å²) in [6, 6.07) is 0. The van der Waals surface area contributed by atoms with Crippen LogP contribution in [0.2, 0.25) is 0 Å². The van der Waals surface area contributed by atoms with E-state index in [4.69, 9.17) is 0 Å². The Labute approximate surface area is 162 Å². The van der Waals surface area contributed by atoms with E-state index >= 15 is 0 Å². The molecule has 27 heavy (non-hydrogen) atoms. The van der Waals surface area contributed by atoms with Gasteiger partial charge in [-0.2, -0.15) is 0 Å². The second-order valence-electron chi connectivity index (χ2n) is 7.37. The minimum absolute atomic E-state index is 0.0836. The lowest BCUT2D eigenvalue weighted by atomic mass is 9.88. The van der Waals surface area contributed by atoms with Crippen LogP contribution >= 0.6 is 0 Å². The van der Waals surface area contributed by atoms with E-state index in [1.54, 1.807) is 6.08 Å². The number of hydrogen-bond acceptors (Lipinski definition) is 5. The predicted octanol–water partition coefficient (Wildman–Crippen LogP) is 4.79. The Morgan fingerprint density at radius 2 is 2.07 bits per heavy atom. The van der Waals surface area contributed by atoms with Gasteiger partial charge in [0.25, 0.3) is 0 Å². The minimum atomic E-state index is -0.463. The molecule has 0 bridgehead atoms. The molecule has 0 fully saturated rings. The fourth-order valence-corrected chi connectivity index (χ4v) is 3.64. The summed E-state index contributed by atoms with van der Waals surface area (Å²) < 4.78 is 4.62. The van der Waals surface area contributed by atoms with Gasteiger partial charge in [0.2, 0.25) is 5.70 Å². The van der Waals surface area contributed by atoms with Crippen LogP contribution < -0.4 is 0 Å². The third kappa shape index (κ3) is 9.18. The Morgan fingerprint density at radius 3 is 2.74 bits per heavy atom. The van der Waals surface area contributed by atoms with Crippen molar-refractivity contribution in [2.45, 2.75) is 83.7 Å². The van der Waals surface area contributed by atoms with Gasteiger partial charge in [-0.1, -0.05) is 57.6 Å². The van der Waals surface area contributed by atoms with Crippen molar-refractivity contribution >= 4 is 5.97 Å². The average Bonchev–Trinajstić information content (AvgIpc) is 3.05. The van der Waals surface area contributed by atoms with Gasteiger partial charge in [-0.3, -0.25) is 14.9 Å². The van der Waals surface area contributed by atoms with Gasteiger partial charge >= 0.3 is 5.97 Å². The largest absolute Gasteiger partial charge is 0.469 e. The summed E-state index contributed by atoms with van der Waals surface area (Å²) in [6.45, 7) is 2.13. The van der Waals surface area contributed by atoms with E-state index in [2.05, 4.69) is 11.7 Å². The molecule has 0 saturated carbocycles. The first-order valence-electron chi connectivity index (χ1n) is 10.3. The lowest BCUT2D eigenvalue weighted by molar-refractivity contribution is -0.433. The number of nitro groups is 1. The van der Waals surface area contributed by atoms with Crippen molar-refractivity contribution in [3.8, 4) is 0 Å². The molecule has 6 heteroatoms. The standard InChI is InChI=1S/C21H35NO5/c1-3-4-7-10-18(23)15-13-17-14-16-20(22(25)26)19(17)11-8-5-6-9-12-21(24)27-2/h13,15-19,23H,3-12,14H2,1-2H3/b15-13+/t17-,18+,19-/m1/s1. The highest BCUT2D eigenvalue weighted by molar-refractivity contribution is 5.68. The number of aliphatic hydroxyl groups is 1. The quantitative estimate of drug-likeness (QED) is 0.154. The highest BCUT2D eigenvalue weighted by Gasteiger charge is 2.35. The Bertz CT molecular complexity index is 515. The number of carbonyl (C=O) groups excluding carboxylic acids is 1. The molecule has 0 radical (unpaired) electrons. The summed E-state index contributed by atoms with van der Waals surface area (Å²) in [7, 11) is 1.39. The van der Waals surface area contributed by atoms with Crippen LogP contribution in [-0.2, 0) is 9.53 Å². The van der Waals surface area contributed by atoms with E-state index in [-0.39, 0.29) is 22.7 Å². The number of hydrogen-bond donors (Lipinski definition) is 1. The average molecular weight is 382 g/mol. The number of methoxy groups -OCH3 is 1. The molecule has 154 valence electrons.